The summed E-state index contributed by atoms with van der Waals surface area (Å²) in [7, 11) is 1.57. The first-order chi connectivity index (χ1) is 50.6. The average Bonchev–Trinajstić information content (AvgIpc) is 1.60. The predicted molar refractivity (Wildman–Crippen MR) is 388 cm³/mol. The number of carbonyl (C=O) groups is 9. The molecule has 105 heavy (non-hydrogen) atoms. The van der Waals surface area contributed by atoms with Crippen molar-refractivity contribution in [3.63, 3.8) is 0 Å². The summed E-state index contributed by atoms with van der Waals surface area (Å²) in [5.41, 5.74) is 9.69. The molecule has 9 amide bonds. The van der Waals surface area contributed by atoms with E-state index in [2.05, 4.69) is 49.1 Å². The first kappa shape index (κ1) is 79.9. The molecule has 29 nitrogen and oxygen atoms in total. The minimum atomic E-state index is -2.29. The van der Waals surface area contributed by atoms with Crippen LogP contribution in [0.2, 0.25) is 0 Å². The van der Waals surface area contributed by atoms with Gasteiger partial charge in [-0.3, -0.25) is 38.4 Å². The fourth-order valence-corrected chi connectivity index (χ4v) is 11.9. The van der Waals surface area contributed by atoms with Gasteiger partial charge in [-0.2, -0.15) is 0 Å². The van der Waals surface area contributed by atoms with Crippen LogP contribution in [0, 0.1) is 17.8 Å². The molecular weight excluding hydrogens is 1350 g/mol. The number of nitrogens with zero attached hydrogens (tertiary/aromatic N) is 3. The second-order valence-electron chi connectivity index (χ2n) is 25.1. The van der Waals surface area contributed by atoms with E-state index < -0.39 is 77.5 Å². The number of carbonyl (C=O) groups excluding carboxylic acids is 9. The van der Waals surface area contributed by atoms with E-state index in [0.717, 1.165) is 33.2 Å². The maximum absolute atomic E-state index is 14.4. The molecule has 2 aromatic heterocycles. The van der Waals surface area contributed by atoms with Crippen molar-refractivity contribution in [1.29, 1.82) is 0 Å². The molecule has 4 aromatic carbocycles. The molecule has 0 spiro atoms. The van der Waals surface area contributed by atoms with Gasteiger partial charge in [0.2, 0.25) is 29.5 Å². The van der Waals surface area contributed by atoms with E-state index in [4.69, 9.17) is 43.9 Å². The Labute approximate surface area is 608 Å². The fourth-order valence-electron chi connectivity index (χ4n) is 11.9. The smallest absolute Gasteiger partial charge is 0.407 e. The monoisotopic (exact) mass is 1450 g/mol. The third-order valence-corrected chi connectivity index (χ3v) is 17.5. The van der Waals surface area contributed by atoms with E-state index >= 15 is 0 Å². The lowest BCUT2D eigenvalue weighted by Gasteiger charge is -2.29. The Hall–Kier alpha value is -10.8. The van der Waals surface area contributed by atoms with Gasteiger partial charge in [-0.05, 0) is 103 Å². The zero-order valence-electron chi connectivity index (χ0n) is 60.0. The lowest BCUT2D eigenvalue weighted by atomic mass is 9.86. The van der Waals surface area contributed by atoms with Crippen molar-refractivity contribution in [1.82, 2.24) is 41.5 Å². The van der Waals surface area contributed by atoms with Gasteiger partial charge >= 0.3 is 18.1 Å². The van der Waals surface area contributed by atoms with Gasteiger partial charge in [-0.25, -0.2) is 14.6 Å². The van der Waals surface area contributed by atoms with Gasteiger partial charge in [0.1, 0.15) is 31.0 Å². The Morgan fingerprint density at radius 3 is 2.04 bits per heavy atom. The Morgan fingerprint density at radius 2 is 1.35 bits per heavy atom. The molecule has 29 heteroatoms. The van der Waals surface area contributed by atoms with Gasteiger partial charge in [0.25, 0.3) is 11.5 Å². The number of methoxy groups -OCH3 is 1. The van der Waals surface area contributed by atoms with Crippen LogP contribution >= 0.6 is 0 Å². The second-order valence-corrected chi connectivity index (χ2v) is 25.1. The van der Waals surface area contributed by atoms with E-state index in [-0.39, 0.29) is 134 Å². The summed E-state index contributed by atoms with van der Waals surface area (Å²) in [4.78, 5) is 138. The third-order valence-electron chi connectivity index (χ3n) is 17.5. The molecule has 0 unspecified atom stereocenters. The number of amides is 9. The SMILES string of the molecule is CCc1c2c(nc3ccc(OC)cc13)-c1cc([C@@](O)(CC)C(=O)NCCNC(=O)OCc3ccc(NC(=O)[C@H](CCCNC(N)=O)NC(=O)[C@@H](NC(=O)CCOCCOCCOCCOCCNC(=O)CCC(=O)N4Cc5ccccc5C#Cc5ccccc54)C(C)C)cc3)c(COC(C)=O)c(=O)n1C2. The van der Waals surface area contributed by atoms with Crippen molar-refractivity contribution in [3.8, 4) is 29.0 Å². The van der Waals surface area contributed by atoms with Gasteiger partial charge in [0.15, 0.2) is 5.60 Å². The number of pyridine rings is 2. The average molecular weight is 1450 g/mol. The highest BCUT2D eigenvalue weighted by molar-refractivity contribution is 5.99. The molecule has 0 aliphatic carbocycles. The lowest BCUT2D eigenvalue weighted by Crippen LogP contribution is -2.54. The van der Waals surface area contributed by atoms with Crippen LogP contribution in [-0.4, -0.2) is 166 Å². The molecule has 0 radical (unpaired) electrons. The van der Waals surface area contributed by atoms with Crippen molar-refractivity contribution >= 4 is 75.8 Å². The van der Waals surface area contributed by atoms with E-state index in [9.17, 15) is 53.1 Å². The van der Waals surface area contributed by atoms with Crippen LogP contribution in [0.15, 0.2) is 102 Å². The number of benzene rings is 4. The summed E-state index contributed by atoms with van der Waals surface area (Å²) in [6.07, 6.45) is -0.104. The molecule has 560 valence electrons. The molecule has 4 heterocycles. The fraction of sp³-hybridized carbons (Fsp3) is 0.434. The molecule has 2 aliphatic rings. The number of alkyl carbamates (subject to hydrolysis) is 1. The minimum absolute atomic E-state index is 0.0241. The van der Waals surface area contributed by atoms with Crippen LogP contribution in [0.1, 0.15) is 118 Å². The van der Waals surface area contributed by atoms with Crippen LogP contribution in [0.4, 0.5) is 21.0 Å². The quantitative estimate of drug-likeness (QED) is 0.0138. The number of fused-ring (bicyclic) bond motifs is 6. The summed E-state index contributed by atoms with van der Waals surface area (Å²) in [5, 5.41) is 31.8. The highest BCUT2D eigenvalue weighted by Crippen LogP contribution is 2.40. The van der Waals surface area contributed by atoms with Gasteiger partial charge in [-0.1, -0.05) is 82.0 Å². The number of primary amides is 1. The lowest BCUT2D eigenvalue weighted by molar-refractivity contribution is -0.143. The molecule has 0 bridgehead atoms. The highest BCUT2D eigenvalue weighted by atomic mass is 16.6. The number of nitrogens with one attached hydrogen (secondary N) is 7. The zero-order valence-corrected chi connectivity index (χ0v) is 60.0. The van der Waals surface area contributed by atoms with Crippen molar-refractivity contribution in [3.05, 3.63) is 152 Å². The molecule has 6 aromatic rings. The molecular formula is C76H93N11O18. The normalized spacial score (nSPS) is 12.9. The molecule has 0 saturated carbocycles. The van der Waals surface area contributed by atoms with Gasteiger partial charge in [0, 0.05) is 85.7 Å². The summed E-state index contributed by atoms with van der Waals surface area (Å²) in [6.45, 7) is 10.0. The Bertz CT molecular complexity index is 4210. The zero-order chi connectivity index (χ0) is 75.4. The standard InChI is InChI=1S/C76H93N11O18/c1-7-56-57-42-55(99-6)25-26-61(57)83-69-58(56)45-87-64(69)43-60(59(72(87)94)47-104-49(5)88)76(98,8-2)73(95)79-31-32-81-75(97)105-46-50-19-23-54(24-20-50)82-70(92)62(17-13-30-80-74(77)96)84-71(93)68(48(3)4)85-66(90)29-34-100-36-38-102-40-41-103-39-37-101-35-33-78-65(89)27-28-67(91)86-44-53-16-10-9-14-51(53)21-22-52-15-11-12-18-63(52)86/h9-12,14-16,18-20,23-26,42-43,48,62,68,98H,7-8,13,17,27-41,44-47H2,1-6H3,(H,78,89)(H,79,95)(H,81,97)(H,82,92)(H,84,93)(H,85,90)(H3,77,80,96)/t62-,68-,76-/m0/s1. The number of ether oxygens (including phenoxy) is 7. The summed E-state index contributed by atoms with van der Waals surface area (Å²) < 4.78 is 39.9. The minimum Gasteiger partial charge on any atom is -0.497 e. The molecule has 0 fully saturated rings. The number of aryl methyl sites for hydroxylation is 1. The topological polar surface area (TPSA) is 387 Å². The molecule has 10 N–H and O–H groups in total. The first-order valence-corrected chi connectivity index (χ1v) is 35.0. The number of nitrogens with two attached hydrogens (primary N) is 1. The Kier molecular flexibility index (Phi) is 30.3. The number of hydrogen-bond acceptors (Lipinski definition) is 19. The van der Waals surface area contributed by atoms with Crippen molar-refractivity contribution in [2.45, 2.75) is 124 Å². The number of urea groups is 1. The number of anilines is 2. The Balaban J connectivity index is 0.699. The molecule has 0 saturated heterocycles. The van der Waals surface area contributed by atoms with Crippen LogP contribution in [0.5, 0.6) is 5.75 Å². The van der Waals surface area contributed by atoms with E-state index in [1.54, 1.807) is 69.2 Å². The van der Waals surface area contributed by atoms with Crippen LogP contribution in [0.3, 0.4) is 0 Å². The second kappa shape index (κ2) is 39.8. The van der Waals surface area contributed by atoms with Crippen LogP contribution in [0.25, 0.3) is 22.3 Å². The summed E-state index contributed by atoms with van der Waals surface area (Å²) in [6, 6.07) is 25.6. The van der Waals surface area contributed by atoms with Gasteiger partial charge in [-0.15, -0.1) is 0 Å². The number of rotatable bonds is 40. The van der Waals surface area contributed by atoms with Crippen LogP contribution < -0.4 is 58.1 Å². The first-order valence-electron chi connectivity index (χ1n) is 35.0. The van der Waals surface area contributed by atoms with Crippen LogP contribution in [-0.2, 0) is 100 Å². The van der Waals surface area contributed by atoms with E-state index in [1.165, 1.54) is 11.5 Å². The van der Waals surface area contributed by atoms with E-state index in [0.29, 0.717) is 72.4 Å². The highest BCUT2D eigenvalue weighted by Gasteiger charge is 2.41. The number of aliphatic hydroxyl groups is 1. The number of para-hydroxylation sites is 1. The van der Waals surface area contributed by atoms with Crippen molar-refractivity contribution in [2.24, 2.45) is 11.7 Å². The van der Waals surface area contributed by atoms with Gasteiger partial charge < -0.3 is 90.7 Å². The largest absolute Gasteiger partial charge is 0.497 e. The predicted octanol–water partition coefficient (Wildman–Crippen LogP) is 5.01. The maximum Gasteiger partial charge on any atom is 0.407 e. The summed E-state index contributed by atoms with van der Waals surface area (Å²) >= 11 is 0. The maximum atomic E-state index is 14.4. The third kappa shape index (κ3) is 22.6. The Morgan fingerprint density at radius 1 is 0.676 bits per heavy atom. The van der Waals surface area contributed by atoms with Gasteiger partial charge in [0.05, 0.1) is 101 Å². The van der Waals surface area contributed by atoms with Crippen molar-refractivity contribution in [2.75, 3.05) is 96.4 Å². The van der Waals surface area contributed by atoms with E-state index in [1.807, 2.05) is 67.6 Å². The number of esters is 1. The molecule has 2 aliphatic heterocycles. The molecule has 8 rings (SSSR count). The number of hydrogen-bond donors (Lipinski definition) is 9. The molecule has 3 atom stereocenters. The van der Waals surface area contributed by atoms with Crippen molar-refractivity contribution < 1.29 is 81.4 Å². The number of aromatic nitrogens is 2. The summed E-state index contributed by atoms with van der Waals surface area (Å²) in [5.74, 6) is 2.97.